The Balaban J connectivity index is 1.49. The SMILES string of the molecule is C#CCN(C)Cc1cc2cc(OCCCN3CCCCC3)ccc2[nH]1. The van der Waals surface area contributed by atoms with Crippen molar-refractivity contribution in [1.82, 2.24) is 14.8 Å². The third-order valence-corrected chi connectivity index (χ3v) is 4.79. The molecule has 0 bridgehead atoms. The molecular weight excluding hydrogens is 310 g/mol. The molecule has 25 heavy (non-hydrogen) atoms. The van der Waals surface area contributed by atoms with Gasteiger partial charge in [0, 0.05) is 29.7 Å². The topological polar surface area (TPSA) is 31.5 Å². The quantitative estimate of drug-likeness (QED) is 0.590. The van der Waals surface area contributed by atoms with Crippen molar-refractivity contribution in [3.05, 3.63) is 30.0 Å². The second-order valence-corrected chi connectivity index (χ2v) is 7.02. The summed E-state index contributed by atoms with van der Waals surface area (Å²) in [7, 11) is 2.03. The number of benzene rings is 1. The zero-order chi connectivity index (χ0) is 17.5. The highest BCUT2D eigenvalue weighted by Gasteiger charge is 2.09. The predicted molar refractivity (Wildman–Crippen MR) is 104 cm³/mol. The van der Waals surface area contributed by atoms with Crippen molar-refractivity contribution in [2.24, 2.45) is 0 Å². The molecule has 3 rings (SSSR count). The first kappa shape index (κ1) is 17.8. The second kappa shape index (κ2) is 8.94. The van der Waals surface area contributed by atoms with E-state index in [1.807, 2.05) is 7.05 Å². The fraction of sp³-hybridized carbons (Fsp3) is 0.524. The lowest BCUT2D eigenvalue weighted by atomic mass is 10.1. The van der Waals surface area contributed by atoms with Crippen molar-refractivity contribution in [3.63, 3.8) is 0 Å². The van der Waals surface area contributed by atoms with Crippen LogP contribution in [0.3, 0.4) is 0 Å². The Bertz CT molecular complexity index is 709. The summed E-state index contributed by atoms with van der Waals surface area (Å²) in [6.07, 6.45) is 10.5. The number of ether oxygens (including phenoxy) is 1. The third-order valence-electron chi connectivity index (χ3n) is 4.79. The van der Waals surface area contributed by atoms with E-state index in [9.17, 15) is 0 Å². The molecule has 0 radical (unpaired) electrons. The number of fused-ring (bicyclic) bond motifs is 1. The molecule has 0 saturated carbocycles. The number of nitrogens with one attached hydrogen (secondary N) is 1. The molecule has 0 unspecified atom stereocenters. The van der Waals surface area contributed by atoms with Gasteiger partial charge in [0.05, 0.1) is 13.2 Å². The maximum Gasteiger partial charge on any atom is 0.120 e. The van der Waals surface area contributed by atoms with Gasteiger partial charge in [-0.25, -0.2) is 0 Å². The van der Waals surface area contributed by atoms with E-state index in [1.165, 1.54) is 43.4 Å². The number of aromatic nitrogens is 1. The third kappa shape index (κ3) is 5.26. The molecule has 134 valence electrons. The van der Waals surface area contributed by atoms with E-state index >= 15 is 0 Å². The summed E-state index contributed by atoms with van der Waals surface area (Å²) in [4.78, 5) is 8.12. The minimum absolute atomic E-state index is 0.654. The van der Waals surface area contributed by atoms with Gasteiger partial charge < -0.3 is 14.6 Å². The molecule has 1 fully saturated rings. The van der Waals surface area contributed by atoms with Gasteiger partial charge in [0.1, 0.15) is 5.75 Å². The summed E-state index contributed by atoms with van der Waals surface area (Å²) in [5.74, 6) is 3.62. The molecular formula is C21H29N3O. The molecule has 2 heterocycles. The molecule has 1 aromatic heterocycles. The Labute approximate surface area is 151 Å². The molecule has 1 aromatic carbocycles. The van der Waals surface area contributed by atoms with Gasteiger partial charge in [0.2, 0.25) is 0 Å². The fourth-order valence-corrected chi connectivity index (χ4v) is 3.51. The van der Waals surface area contributed by atoms with Crippen LogP contribution >= 0.6 is 0 Å². The van der Waals surface area contributed by atoms with E-state index in [2.05, 4.69) is 45.0 Å². The summed E-state index contributed by atoms with van der Waals surface area (Å²) in [5, 5.41) is 1.19. The van der Waals surface area contributed by atoms with Crippen molar-refractivity contribution in [1.29, 1.82) is 0 Å². The van der Waals surface area contributed by atoms with Crippen LogP contribution in [0.4, 0.5) is 0 Å². The Morgan fingerprint density at radius 3 is 2.88 bits per heavy atom. The average Bonchev–Trinajstić information content (AvgIpc) is 3.01. The monoisotopic (exact) mass is 339 g/mol. The van der Waals surface area contributed by atoms with E-state index in [4.69, 9.17) is 11.2 Å². The van der Waals surface area contributed by atoms with Gasteiger partial charge >= 0.3 is 0 Å². The smallest absolute Gasteiger partial charge is 0.120 e. The van der Waals surface area contributed by atoms with Gasteiger partial charge in [0.15, 0.2) is 0 Å². The Hall–Kier alpha value is -1.96. The van der Waals surface area contributed by atoms with Crippen LogP contribution in [0.2, 0.25) is 0 Å². The maximum absolute atomic E-state index is 5.96. The van der Waals surface area contributed by atoms with Crippen LogP contribution in [0.15, 0.2) is 24.3 Å². The van der Waals surface area contributed by atoms with Gasteiger partial charge in [-0.2, -0.15) is 0 Å². The van der Waals surface area contributed by atoms with Gasteiger partial charge in [-0.1, -0.05) is 12.3 Å². The van der Waals surface area contributed by atoms with Gasteiger partial charge in [0.25, 0.3) is 0 Å². The molecule has 1 aliphatic rings. The molecule has 0 aliphatic carbocycles. The zero-order valence-corrected chi connectivity index (χ0v) is 15.3. The first-order chi connectivity index (χ1) is 12.2. The largest absolute Gasteiger partial charge is 0.494 e. The Morgan fingerprint density at radius 2 is 2.08 bits per heavy atom. The molecule has 4 nitrogen and oxygen atoms in total. The van der Waals surface area contributed by atoms with Crippen LogP contribution in [0, 0.1) is 12.3 Å². The maximum atomic E-state index is 5.96. The summed E-state index contributed by atoms with van der Waals surface area (Å²) in [6, 6.07) is 8.45. The highest BCUT2D eigenvalue weighted by Crippen LogP contribution is 2.22. The molecule has 1 N–H and O–H groups in total. The summed E-state index contributed by atoms with van der Waals surface area (Å²) < 4.78 is 5.96. The molecule has 4 heteroatoms. The number of likely N-dealkylation sites (tertiary alicyclic amines) is 1. The number of piperidine rings is 1. The van der Waals surface area contributed by atoms with E-state index in [0.717, 1.165) is 37.4 Å². The predicted octanol–water partition coefficient (Wildman–Crippen LogP) is 3.49. The summed E-state index contributed by atoms with van der Waals surface area (Å²) in [6.45, 7) is 5.92. The van der Waals surface area contributed by atoms with Gasteiger partial charge in [-0.3, -0.25) is 4.90 Å². The molecule has 0 amide bonds. The van der Waals surface area contributed by atoms with E-state index in [1.54, 1.807) is 0 Å². The molecule has 1 aliphatic heterocycles. The van der Waals surface area contributed by atoms with E-state index < -0.39 is 0 Å². The highest BCUT2D eigenvalue weighted by atomic mass is 16.5. The molecule has 0 atom stereocenters. The summed E-state index contributed by atoms with van der Waals surface area (Å²) in [5.41, 5.74) is 2.32. The first-order valence-electron chi connectivity index (χ1n) is 9.33. The van der Waals surface area contributed by atoms with Crippen molar-refractivity contribution in [3.8, 4) is 18.1 Å². The molecule has 0 spiro atoms. The van der Waals surface area contributed by atoms with Crippen molar-refractivity contribution in [2.75, 3.05) is 39.8 Å². The van der Waals surface area contributed by atoms with Crippen molar-refractivity contribution in [2.45, 2.75) is 32.2 Å². The standard InChI is InChI=1S/C21H29N3O/c1-3-10-23(2)17-19-15-18-16-20(8-9-21(18)22-19)25-14-7-13-24-11-5-4-6-12-24/h1,8-9,15-16,22H,4-7,10-14,17H2,2H3. The number of H-pyrrole nitrogens is 1. The number of hydrogen-bond acceptors (Lipinski definition) is 3. The van der Waals surface area contributed by atoms with Crippen molar-refractivity contribution >= 4 is 10.9 Å². The first-order valence-corrected chi connectivity index (χ1v) is 9.33. The normalized spacial score (nSPS) is 15.6. The number of hydrogen-bond donors (Lipinski definition) is 1. The number of rotatable bonds is 8. The van der Waals surface area contributed by atoms with Gasteiger partial charge in [-0.05, 0) is 63.7 Å². The van der Waals surface area contributed by atoms with Crippen LogP contribution < -0.4 is 4.74 Å². The lowest BCUT2D eigenvalue weighted by molar-refractivity contribution is 0.205. The molecule has 1 saturated heterocycles. The lowest BCUT2D eigenvalue weighted by Crippen LogP contribution is -2.31. The second-order valence-electron chi connectivity index (χ2n) is 7.02. The Morgan fingerprint density at radius 1 is 1.24 bits per heavy atom. The van der Waals surface area contributed by atoms with Crippen molar-refractivity contribution < 1.29 is 4.74 Å². The van der Waals surface area contributed by atoms with Crippen LogP contribution in [0.5, 0.6) is 5.75 Å². The Kier molecular flexibility index (Phi) is 6.38. The number of nitrogens with zero attached hydrogens (tertiary/aromatic N) is 2. The number of aromatic amines is 1. The fourth-order valence-electron chi connectivity index (χ4n) is 3.51. The minimum Gasteiger partial charge on any atom is -0.494 e. The van der Waals surface area contributed by atoms with Crippen LogP contribution in [-0.4, -0.2) is 54.6 Å². The molecule has 2 aromatic rings. The highest BCUT2D eigenvalue weighted by molar-refractivity contribution is 5.81. The van der Waals surface area contributed by atoms with Crippen LogP contribution in [0.25, 0.3) is 10.9 Å². The van der Waals surface area contributed by atoms with Gasteiger partial charge in [-0.15, -0.1) is 6.42 Å². The van der Waals surface area contributed by atoms with Crippen LogP contribution in [-0.2, 0) is 6.54 Å². The van der Waals surface area contributed by atoms with Crippen LogP contribution in [0.1, 0.15) is 31.4 Å². The zero-order valence-electron chi connectivity index (χ0n) is 15.3. The average molecular weight is 339 g/mol. The van der Waals surface area contributed by atoms with E-state index in [0.29, 0.717) is 6.54 Å². The lowest BCUT2D eigenvalue weighted by Gasteiger charge is -2.26. The summed E-state index contributed by atoms with van der Waals surface area (Å²) >= 11 is 0. The van der Waals surface area contributed by atoms with E-state index in [-0.39, 0.29) is 0 Å². The minimum atomic E-state index is 0.654. The number of terminal acetylenes is 1.